The largest absolute Gasteiger partial charge is 0.481 e. The smallest absolute Gasteiger partial charge is 0.317 e. The Bertz CT molecular complexity index is 463. The summed E-state index contributed by atoms with van der Waals surface area (Å²) < 4.78 is 9.71. The van der Waals surface area contributed by atoms with E-state index in [4.69, 9.17) is 9.84 Å². The van der Waals surface area contributed by atoms with Gasteiger partial charge in [0.1, 0.15) is 5.92 Å². The number of amides is 2. The maximum Gasteiger partial charge on any atom is 0.317 e. The molecule has 1 aliphatic rings. The molecule has 2 N–H and O–H groups in total. The van der Waals surface area contributed by atoms with E-state index in [-0.39, 0.29) is 19.2 Å². The van der Waals surface area contributed by atoms with Crippen LogP contribution in [0, 0.1) is 5.92 Å². The lowest BCUT2D eigenvalue weighted by Gasteiger charge is -2.26. The van der Waals surface area contributed by atoms with Gasteiger partial charge >= 0.3 is 12.0 Å². The quantitative estimate of drug-likeness (QED) is 0.737. The molecule has 2 rings (SSSR count). The summed E-state index contributed by atoms with van der Waals surface area (Å²) in [5.74, 6) is -1.15. The average Bonchev–Trinajstić information content (AvgIpc) is 3.08. The molecule has 1 aromatic heterocycles. The molecule has 2 unspecified atom stereocenters. The van der Waals surface area contributed by atoms with E-state index in [0.29, 0.717) is 18.8 Å². The average molecular weight is 284 g/mol. The van der Waals surface area contributed by atoms with Crippen molar-refractivity contribution in [2.75, 3.05) is 26.8 Å². The van der Waals surface area contributed by atoms with Crippen LogP contribution in [0.15, 0.2) is 10.9 Å². The molecule has 0 radical (unpaired) electrons. The van der Waals surface area contributed by atoms with E-state index in [0.717, 1.165) is 0 Å². The van der Waals surface area contributed by atoms with Crippen LogP contribution >= 0.6 is 0 Å². The lowest BCUT2D eigenvalue weighted by atomic mass is 10.0. The van der Waals surface area contributed by atoms with Crippen LogP contribution in [-0.2, 0) is 16.0 Å². The molecule has 110 valence electrons. The van der Waals surface area contributed by atoms with Gasteiger partial charge in [0.15, 0.2) is 5.82 Å². The van der Waals surface area contributed by atoms with Crippen molar-refractivity contribution in [1.82, 2.24) is 20.4 Å². The first kappa shape index (κ1) is 14.3. The number of carbonyl (C=O) groups is 2. The first-order chi connectivity index (χ1) is 9.59. The molecule has 0 saturated carbocycles. The fourth-order valence-corrected chi connectivity index (χ4v) is 2.02. The lowest BCUT2D eigenvalue weighted by Crippen LogP contribution is -2.48. The number of rotatable bonds is 5. The molecule has 9 heteroatoms. The molecule has 1 aliphatic heterocycles. The first-order valence-electron chi connectivity index (χ1n) is 6.16. The van der Waals surface area contributed by atoms with E-state index in [2.05, 4.69) is 20.0 Å². The van der Waals surface area contributed by atoms with Gasteiger partial charge in [-0.15, -0.1) is 0 Å². The Kier molecular flexibility index (Phi) is 4.51. The second-order valence-corrected chi connectivity index (χ2v) is 4.49. The van der Waals surface area contributed by atoms with Gasteiger partial charge in [0.25, 0.3) is 0 Å². The minimum absolute atomic E-state index is 0.125. The SMILES string of the molecule is CN(C(=O)NCCc1ncon1)C1COCC1C(=O)O. The third-order valence-electron chi connectivity index (χ3n) is 3.22. The van der Waals surface area contributed by atoms with Crippen LogP contribution < -0.4 is 5.32 Å². The van der Waals surface area contributed by atoms with Gasteiger partial charge in [-0.1, -0.05) is 5.16 Å². The third kappa shape index (κ3) is 3.23. The van der Waals surface area contributed by atoms with E-state index in [9.17, 15) is 9.59 Å². The predicted octanol–water partition coefficient (Wildman–Crippen LogP) is -0.647. The van der Waals surface area contributed by atoms with Gasteiger partial charge in [-0.2, -0.15) is 4.98 Å². The highest BCUT2D eigenvalue weighted by molar-refractivity contribution is 5.77. The Labute approximate surface area is 114 Å². The number of nitrogens with one attached hydrogen (secondary N) is 1. The molecular weight excluding hydrogens is 268 g/mol. The summed E-state index contributed by atoms with van der Waals surface area (Å²) in [5, 5.41) is 15.3. The van der Waals surface area contributed by atoms with E-state index in [1.54, 1.807) is 7.05 Å². The standard InChI is InChI=1S/C11H16N4O5/c1-15(8-5-19-4-7(8)10(16)17)11(18)12-3-2-9-13-6-20-14-9/h6-8H,2-5H2,1H3,(H,12,18)(H,16,17). The Hall–Kier alpha value is -2.16. The number of carbonyl (C=O) groups excluding carboxylic acids is 1. The molecule has 0 spiro atoms. The molecule has 2 amide bonds. The van der Waals surface area contributed by atoms with Crippen LogP contribution in [-0.4, -0.2) is 65.0 Å². The molecule has 20 heavy (non-hydrogen) atoms. The number of hydrogen-bond donors (Lipinski definition) is 2. The first-order valence-corrected chi connectivity index (χ1v) is 6.16. The fourth-order valence-electron chi connectivity index (χ4n) is 2.02. The summed E-state index contributed by atoms with van der Waals surface area (Å²) in [6, 6.07) is -0.812. The summed E-state index contributed by atoms with van der Waals surface area (Å²) in [7, 11) is 1.55. The van der Waals surface area contributed by atoms with Crippen LogP contribution in [0.5, 0.6) is 0 Å². The molecular formula is C11H16N4O5. The molecule has 2 heterocycles. The van der Waals surface area contributed by atoms with E-state index in [1.807, 2.05) is 0 Å². The maximum atomic E-state index is 11.9. The van der Waals surface area contributed by atoms with Crippen LogP contribution in [0.25, 0.3) is 0 Å². The summed E-state index contributed by atoms with van der Waals surface area (Å²) in [6.07, 6.45) is 1.66. The van der Waals surface area contributed by atoms with Crippen molar-refractivity contribution in [3.8, 4) is 0 Å². The number of urea groups is 1. The van der Waals surface area contributed by atoms with Crippen molar-refractivity contribution in [1.29, 1.82) is 0 Å². The molecule has 0 bridgehead atoms. The highest BCUT2D eigenvalue weighted by Gasteiger charge is 2.38. The van der Waals surface area contributed by atoms with Crippen LogP contribution in [0.1, 0.15) is 5.82 Å². The van der Waals surface area contributed by atoms with E-state index in [1.165, 1.54) is 11.3 Å². The predicted molar refractivity (Wildman–Crippen MR) is 64.9 cm³/mol. The highest BCUT2D eigenvalue weighted by Crippen LogP contribution is 2.18. The Morgan fingerprint density at radius 1 is 1.55 bits per heavy atom. The number of carboxylic acids is 1. The van der Waals surface area contributed by atoms with Gasteiger partial charge in [0.2, 0.25) is 6.39 Å². The summed E-state index contributed by atoms with van der Waals surface area (Å²) in [4.78, 5) is 28.2. The lowest BCUT2D eigenvalue weighted by molar-refractivity contribution is -0.142. The molecule has 0 aromatic carbocycles. The second-order valence-electron chi connectivity index (χ2n) is 4.49. The van der Waals surface area contributed by atoms with Gasteiger partial charge in [-0.25, -0.2) is 4.79 Å². The topological polar surface area (TPSA) is 118 Å². The Balaban J connectivity index is 1.80. The maximum absolute atomic E-state index is 11.9. The van der Waals surface area contributed by atoms with Crippen molar-refractivity contribution < 1.29 is 24.0 Å². The fraction of sp³-hybridized carbons (Fsp3) is 0.636. The number of aliphatic carboxylic acids is 1. The summed E-state index contributed by atoms with van der Waals surface area (Å²) >= 11 is 0. The van der Waals surface area contributed by atoms with E-state index >= 15 is 0 Å². The zero-order valence-corrected chi connectivity index (χ0v) is 11.0. The summed E-state index contributed by atoms with van der Waals surface area (Å²) in [5.41, 5.74) is 0. The number of carboxylic acid groups (broad SMARTS) is 1. The Morgan fingerprint density at radius 3 is 3.00 bits per heavy atom. The van der Waals surface area contributed by atoms with Gasteiger partial charge in [-0.3, -0.25) is 4.79 Å². The number of likely N-dealkylation sites (N-methyl/N-ethyl adjacent to an activating group) is 1. The third-order valence-corrected chi connectivity index (χ3v) is 3.22. The minimum atomic E-state index is -0.959. The van der Waals surface area contributed by atoms with Crippen molar-refractivity contribution in [2.45, 2.75) is 12.5 Å². The molecule has 0 aliphatic carbocycles. The monoisotopic (exact) mass is 284 g/mol. The zero-order chi connectivity index (χ0) is 14.5. The van der Waals surface area contributed by atoms with Crippen molar-refractivity contribution in [3.05, 3.63) is 12.2 Å². The van der Waals surface area contributed by atoms with E-state index < -0.39 is 17.9 Å². The number of hydrogen-bond acceptors (Lipinski definition) is 6. The normalized spacial score (nSPS) is 21.6. The Morgan fingerprint density at radius 2 is 2.35 bits per heavy atom. The minimum Gasteiger partial charge on any atom is -0.481 e. The number of nitrogens with zero attached hydrogens (tertiary/aromatic N) is 3. The van der Waals surface area contributed by atoms with Crippen molar-refractivity contribution >= 4 is 12.0 Å². The van der Waals surface area contributed by atoms with Gasteiger partial charge in [-0.05, 0) is 0 Å². The van der Waals surface area contributed by atoms with Gasteiger partial charge in [0, 0.05) is 20.0 Å². The number of aromatic nitrogens is 2. The second kappa shape index (κ2) is 6.33. The molecule has 1 saturated heterocycles. The van der Waals surface area contributed by atoms with Crippen LogP contribution in [0.2, 0.25) is 0 Å². The van der Waals surface area contributed by atoms with Crippen LogP contribution in [0.3, 0.4) is 0 Å². The highest BCUT2D eigenvalue weighted by atomic mass is 16.5. The van der Waals surface area contributed by atoms with Crippen molar-refractivity contribution in [3.63, 3.8) is 0 Å². The van der Waals surface area contributed by atoms with Gasteiger partial charge < -0.3 is 24.6 Å². The van der Waals surface area contributed by atoms with Gasteiger partial charge in [0.05, 0.1) is 19.3 Å². The molecule has 1 fully saturated rings. The summed E-state index contributed by atoms with van der Waals surface area (Å²) in [6.45, 7) is 0.695. The number of ether oxygens (including phenoxy) is 1. The molecule has 1 aromatic rings. The molecule has 9 nitrogen and oxygen atoms in total. The van der Waals surface area contributed by atoms with Crippen molar-refractivity contribution in [2.24, 2.45) is 5.92 Å². The van der Waals surface area contributed by atoms with Crippen LogP contribution in [0.4, 0.5) is 4.79 Å². The molecule has 2 atom stereocenters. The zero-order valence-electron chi connectivity index (χ0n) is 11.0.